The summed E-state index contributed by atoms with van der Waals surface area (Å²) < 4.78 is 0. The summed E-state index contributed by atoms with van der Waals surface area (Å²) in [5.74, 6) is 1.58. The van der Waals surface area contributed by atoms with Gasteiger partial charge in [-0.2, -0.15) is 5.10 Å². The summed E-state index contributed by atoms with van der Waals surface area (Å²) in [4.78, 5) is 4.68. The molecule has 0 spiro atoms. The normalized spacial score (nSPS) is 25.5. The van der Waals surface area contributed by atoms with Crippen molar-refractivity contribution >= 4 is 0 Å². The predicted molar refractivity (Wildman–Crippen MR) is 65.8 cm³/mol. The summed E-state index contributed by atoms with van der Waals surface area (Å²) in [6.07, 6.45) is 10.6. The molecule has 1 aromatic rings. The molecule has 4 nitrogen and oxygen atoms in total. The highest BCUT2D eigenvalue weighted by Crippen LogP contribution is 2.34. The van der Waals surface area contributed by atoms with Gasteiger partial charge in [0.1, 0.15) is 0 Å². The number of nitrogens with one attached hydrogen (secondary N) is 1. The molecule has 2 fully saturated rings. The van der Waals surface area contributed by atoms with Gasteiger partial charge in [-0.15, -0.1) is 5.10 Å². The molecule has 0 radical (unpaired) electrons. The van der Waals surface area contributed by atoms with Gasteiger partial charge in [-0.25, -0.2) is 4.98 Å². The topological polar surface area (TPSA) is 50.7 Å². The Morgan fingerprint density at radius 1 is 1.18 bits per heavy atom. The number of hydrogen-bond acceptors (Lipinski definition) is 4. The minimum atomic E-state index is 0.558. The minimum Gasteiger partial charge on any atom is -0.314 e. The zero-order valence-electron chi connectivity index (χ0n) is 10.2. The third kappa shape index (κ3) is 2.63. The zero-order valence-corrected chi connectivity index (χ0v) is 10.2. The number of aromatic nitrogens is 3. The lowest BCUT2D eigenvalue weighted by atomic mass is 9.83. The quantitative estimate of drug-likeness (QED) is 0.863. The smallest absolute Gasteiger partial charge is 0.152 e. The number of piperidine rings is 1. The molecule has 0 bridgehead atoms. The first-order valence-electron chi connectivity index (χ1n) is 6.84. The lowest BCUT2D eigenvalue weighted by Crippen LogP contribution is -2.36. The molecule has 0 amide bonds. The molecule has 1 aromatic heterocycles. The van der Waals surface area contributed by atoms with Gasteiger partial charge in [-0.3, -0.25) is 0 Å². The van der Waals surface area contributed by atoms with Crippen LogP contribution in [-0.4, -0.2) is 27.8 Å². The van der Waals surface area contributed by atoms with Crippen LogP contribution in [0.25, 0.3) is 0 Å². The first kappa shape index (κ1) is 11.1. The molecule has 1 aliphatic carbocycles. The first-order chi connectivity index (χ1) is 8.42. The van der Waals surface area contributed by atoms with Crippen molar-refractivity contribution in [2.24, 2.45) is 0 Å². The Bertz CT molecular complexity index is 369. The largest absolute Gasteiger partial charge is 0.314 e. The van der Waals surface area contributed by atoms with Crippen LogP contribution in [0.1, 0.15) is 56.0 Å². The first-order valence-corrected chi connectivity index (χ1v) is 6.84. The van der Waals surface area contributed by atoms with Gasteiger partial charge in [0.2, 0.25) is 0 Å². The van der Waals surface area contributed by atoms with Crippen LogP contribution >= 0.6 is 0 Å². The molecule has 1 unspecified atom stereocenters. The molecule has 3 rings (SSSR count). The Morgan fingerprint density at radius 3 is 2.82 bits per heavy atom. The van der Waals surface area contributed by atoms with E-state index in [9.17, 15) is 0 Å². The summed E-state index contributed by atoms with van der Waals surface area (Å²) in [7, 11) is 0. The standard InChI is InChI=1S/C13H20N4/c1-2-7-14-11(6-1)8-13-16-12(9-15-17-13)10-4-3-5-10/h9-11,14H,1-8H2. The molecule has 0 aromatic carbocycles. The summed E-state index contributed by atoms with van der Waals surface area (Å²) in [6, 6.07) is 0.558. The van der Waals surface area contributed by atoms with Crippen LogP contribution in [0, 0.1) is 0 Å². The van der Waals surface area contributed by atoms with Gasteiger partial charge >= 0.3 is 0 Å². The van der Waals surface area contributed by atoms with E-state index in [0.29, 0.717) is 12.0 Å². The van der Waals surface area contributed by atoms with Crippen LogP contribution in [0.5, 0.6) is 0 Å². The average Bonchev–Trinajstić information content (AvgIpc) is 2.28. The van der Waals surface area contributed by atoms with Gasteiger partial charge in [0, 0.05) is 18.4 Å². The highest BCUT2D eigenvalue weighted by molar-refractivity contribution is 5.08. The summed E-state index contributed by atoms with van der Waals surface area (Å²) in [5, 5.41) is 11.8. The molecule has 1 N–H and O–H groups in total. The van der Waals surface area contributed by atoms with Crippen molar-refractivity contribution in [2.45, 2.75) is 56.9 Å². The van der Waals surface area contributed by atoms with E-state index in [4.69, 9.17) is 0 Å². The van der Waals surface area contributed by atoms with Gasteiger partial charge in [0.15, 0.2) is 5.82 Å². The van der Waals surface area contributed by atoms with E-state index in [1.165, 1.54) is 38.5 Å². The fourth-order valence-electron chi connectivity index (χ4n) is 2.66. The van der Waals surface area contributed by atoms with Gasteiger partial charge in [-0.05, 0) is 32.2 Å². The maximum absolute atomic E-state index is 4.68. The molecule has 92 valence electrons. The van der Waals surface area contributed by atoms with Crippen LogP contribution in [0.2, 0.25) is 0 Å². The number of hydrogen-bond donors (Lipinski definition) is 1. The highest BCUT2D eigenvalue weighted by Gasteiger charge is 2.22. The molecule has 2 heterocycles. The van der Waals surface area contributed by atoms with E-state index < -0.39 is 0 Å². The Kier molecular flexibility index (Phi) is 3.31. The second-order valence-corrected chi connectivity index (χ2v) is 5.28. The van der Waals surface area contributed by atoms with Crippen molar-refractivity contribution in [3.05, 3.63) is 17.7 Å². The fourth-order valence-corrected chi connectivity index (χ4v) is 2.66. The minimum absolute atomic E-state index is 0.558. The van der Waals surface area contributed by atoms with E-state index in [-0.39, 0.29) is 0 Å². The molecule has 4 heteroatoms. The van der Waals surface area contributed by atoms with Crippen LogP contribution in [-0.2, 0) is 6.42 Å². The van der Waals surface area contributed by atoms with E-state index in [1.807, 2.05) is 6.20 Å². The van der Waals surface area contributed by atoms with Crippen molar-refractivity contribution in [1.82, 2.24) is 20.5 Å². The third-order valence-corrected chi connectivity index (χ3v) is 3.99. The number of rotatable bonds is 3. The van der Waals surface area contributed by atoms with Crippen molar-refractivity contribution in [3.63, 3.8) is 0 Å². The van der Waals surface area contributed by atoms with Crippen molar-refractivity contribution in [2.75, 3.05) is 6.54 Å². The Morgan fingerprint density at radius 2 is 2.12 bits per heavy atom. The molecular formula is C13H20N4. The van der Waals surface area contributed by atoms with E-state index in [2.05, 4.69) is 20.5 Å². The molecular weight excluding hydrogens is 212 g/mol. The zero-order chi connectivity index (χ0) is 11.5. The Hall–Kier alpha value is -1.03. The second-order valence-electron chi connectivity index (χ2n) is 5.28. The van der Waals surface area contributed by atoms with E-state index in [1.54, 1.807) is 0 Å². The summed E-state index contributed by atoms with van der Waals surface area (Å²) in [6.45, 7) is 1.14. The molecule has 1 atom stereocenters. The fraction of sp³-hybridized carbons (Fsp3) is 0.769. The predicted octanol–water partition coefficient (Wildman–Crippen LogP) is 1.82. The van der Waals surface area contributed by atoms with E-state index >= 15 is 0 Å². The summed E-state index contributed by atoms with van der Waals surface area (Å²) >= 11 is 0. The van der Waals surface area contributed by atoms with Gasteiger partial charge in [0.05, 0.1) is 11.9 Å². The Labute approximate surface area is 102 Å². The van der Waals surface area contributed by atoms with Gasteiger partial charge in [-0.1, -0.05) is 12.8 Å². The maximum atomic E-state index is 4.68. The molecule has 1 aliphatic heterocycles. The van der Waals surface area contributed by atoms with Crippen LogP contribution in [0.15, 0.2) is 6.20 Å². The molecule has 1 saturated heterocycles. The van der Waals surface area contributed by atoms with Crippen LogP contribution < -0.4 is 5.32 Å². The SMILES string of the molecule is c1nnc(CC2CCCCN2)nc1C1CCC1. The second kappa shape index (κ2) is 5.08. The highest BCUT2D eigenvalue weighted by atomic mass is 15.1. The van der Waals surface area contributed by atoms with Gasteiger partial charge < -0.3 is 5.32 Å². The lowest BCUT2D eigenvalue weighted by Gasteiger charge is -2.25. The van der Waals surface area contributed by atoms with E-state index in [0.717, 1.165) is 24.5 Å². The molecule has 17 heavy (non-hydrogen) atoms. The third-order valence-electron chi connectivity index (χ3n) is 3.99. The number of nitrogens with zero attached hydrogens (tertiary/aromatic N) is 3. The maximum Gasteiger partial charge on any atom is 0.152 e. The van der Waals surface area contributed by atoms with Gasteiger partial charge in [0.25, 0.3) is 0 Å². The van der Waals surface area contributed by atoms with Crippen molar-refractivity contribution < 1.29 is 0 Å². The van der Waals surface area contributed by atoms with Crippen molar-refractivity contribution in [1.29, 1.82) is 0 Å². The lowest BCUT2D eigenvalue weighted by molar-refractivity contribution is 0.386. The Balaban J connectivity index is 1.65. The monoisotopic (exact) mass is 232 g/mol. The summed E-state index contributed by atoms with van der Waals surface area (Å²) in [5.41, 5.74) is 1.16. The van der Waals surface area contributed by atoms with Crippen LogP contribution in [0.4, 0.5) is 0 Å². The van der Waals surface area contributed by atoms with Crippen LogP contribution in [0.3, 0.4) is 0 Å². The average molecular weight is 232 g/mol. The van der Waals surface area contributed by atoms with Crippen molar-refractivity contribution in [3.8, 4) is 0 Å². The molecule has 1 saturated carbocycles. The molecule has 2 aliphatic rings.